The van der Waals surface area contributed by atoms with Crippen molar-refractivity contribution in [3.8, 4) is 11.6 Å². The third kappa shape index (κ3) is 2.95. The largest absolute Gasteiger partial charge is 0.419 e. The Balaban J connectivity index is 1.85. The van der Waals surface area contributed by atoms with E-state index in [-0.39, 0.29) is 5.92 Å². The molecule has 25 heavy (non-hydrogen) atoms. The van der Waals surface area contributed by atoms with Crippen LogP contribution in [0.25, 0.3) is 22.5 Å². The Morgan fingerprint density at radius 3 is 2.60 bits per heavy atom. The lowest BCUT2D eigenvalue weighted by molar-refractivity contribution is 0.478. The molecule has 0 aliphatic carbocycles. The second-order valence-electron chi connectivity index (χ2n) is 6.76. The molecule has 126 valence electrons. The van der Waals surface area contributed by atoms with Crippen LogP contribution in [0.4, 0.5) is 0 Å². The molecule has 0 fully saturated rings. The van der Waals surface area contributed by atoms with Crippen LogP contribution < -0.4 is 0 Å². The van der Waals surface area contributed by atoms with Crippen molar-refractivity contribution in [3.05, 3.63) is 71.6 Å². The van der Waals surface area contributed by atoms with Crippen molar-refractivity contribution in [2.75, 3.05) is 0 Å². The zero-order valence-corrected chi connectivity index (χ0v) is 14.7. The predicted molar refractivity (Wildman–Crippen MR) is 99.6 cm³/mol. The summed E-state index contributed by atoms with van der Waals surface area (Å²) in [4.78, 5) is 0. The number of para-hydroxylation sites is 1. The van der Waals surface area contributed by atoms with Crippen molar-refractivity contribution < 1.29 is 4.42 Å². The number of hydrogen-bond acceptors (Lipinski definition) is 3. The summed E-state index contributed by atoms with van der Waals surface area (Å²) in [7, 11) is 0. The lowest BCUT2D eigenvalue weighted by atomic mass is 10.1. The summed E-state index contributed by atoms with van der Waals surface area (Å²) in [5.74, 6) is 1.46. The van der Waals surface area contributed by atoms with Gasteiger partial charge in [0.2, 0.25) is 5.89 Å². The molecule has 0 N–H and O–H groups in total. The Morgan fingerprint density at radius 2 is 1.84 bits per heavy atom. The number of fused-ring (bicyclic) bond motifs is 1. The van der Waals surface area contributed by atoms with Gasteiger partial charge in [-0.3, -0.25) is 0 Å². The van der Waals surface area contributed by atoms with E-state index in [1.54, 1.807) is 0 Å². The maximum absolute atomic E-state index is 5.92. The van der Waals surface area contributed by atoms with Crippen LogP contribution in [-0.2, 0) is 6.54 Å². The normalized spacial score (nSPS) is 11.5. The standard InChI is InChI=1S/C21H21N3O/c1-14(2)20-22-23-21(25-20)19-12-17-9-4-5-10-18(17)24(19)13-16-8-6-7-15(3)11-16/h4-12,14H,13H2,1-3H3. The van der Waals surface area contributed by atoms with Crippen molar-refractivity contribution in [2.24, 2.45) is 0 Å². The summed E-state index contributed by atoms with van der Waals surface area (Å²) in [5.41, 5.74) is 4.65. The van der Waals surface area contributed by atoms with Crippen molar-refractivity contribution >= 4 is 10.9 Å². The highest BCUT2D eigenvalue weighted by Gasteiger charge is 2.17. The van der Waals surface area contributed by atoms with Gasteiger partial charge in [0, 0.05) is 23.4 Å². The number of aromatic nitrogens is 3. The van der Waals surface area contributed by atoms with E-state index in [9.17, 15) is 0 Å². The lowest BCUT2D eigenvalue weighted by Gasteiger charge is -2.09. The van der Waals surface area contributed by atoms with E-state index in [0.717, 1.165) is 12.2 Å². The summed E-state index contributed by atoms with van der Waals surface area (Å²) in [6.07, 6.45) is 0. The van der Waals surface area contributed by atoms with Crippen molar-refractivity contribution in [3.63, 3.8) is 0 Å². The average molecular weight is 331 g/mol. The van der Waals surface area contributed by atoms with Gasteiger partial charge in [0.25, 0.3) is 5.89 Å². The molecule has 0 spiro atoms. The van der Waals surface area contributed by atoms with Crippen LogP contribution in [0.5, 0.6) is 0 Å². The highest BCUT2D eigenvalue weighted by molar-refractivity contribution is 5.85. The summed E-state index contributed by atoms with van der Waals surface area (Å²) in [6.45, 7) is 6.99. The molecule has 0 aliphatic rings. The summed E-state index contributed by atoms with van der Waals surface area (Å²) < 4.78 is 8.17. The molecule has 0 saturated carbocycles. The monoisotopic (exact) mass is 331 g/mol. The maximum Gasteiger partial charge on any atom is 0.264 e. The predicted octanol–water partition coefficient (Wildman–Crippen LogP) is 5.17. The van der Waals surface area contributed by atoms with E-state index in [1.807, 2.05) is 0 Å². The fourth-order valence-electron chi connectivity index (χ4n) is 3.12. The molecular weight excluding hydrogens is 310 g/mol. The number of rotatable bonds is 4. The van der Waals surface area contributed by atoms with Gasteiger partial charge < -0.3 is 8.98 Å². The molecule has 4 aromatic rings. The van der Waals surface area contributed by atoms with Crippen LogP contribution in [0.2, 0.25) is 0 Å². The first-order chi connectivity index (χ1) is 12.1. The number of nitrogens with zero attached hydrogens (tertiary/aromatic N) is 3. The van der Waals surface area contributed by atoms with E-state index in [1.165, 1.54) is 22.0 Å². The summed E-state index contributed by atoms with van der Waals surface area (Å²) in [6, 6.07) is 19.1. The molecule has 0 unspecified atom stereocenters. The van der Waals surface area contributed by atoms with Gasteiger partial charge in [0.15, 0.2) is 0 Å². The topological polar surface area (TPSA) is 43.9 Å². The Kier molecular flexibility index (Phi) is 3.88. The zero-order chi connectivity index (χ0) is 17.4. The summed E-state index contributed by atoms with van der Waals surface area (Å²) >= 11 is 0. The van der Waals surface area contributed by atoms with E-state index in [2.05, 4.69) is 90.1 Å². The Bertz CT molecular complexity index is 1030. The fourth-order valence-corrected chi connectivity index (χ4v) is 3.12. The molecule has 4 nitrogen and oxygen atoms in total. The molecule has 2 aromatic heterocycles. The van der Waals surface area contributed by atoms with Gasteiger partial charge in [-0.1, -0.05) is 61.9 Å². The summed E-state index contributed by atoms with van der Waals surface area (Å²) in [5, 5.41) is 9.66. The number of hydrogen-bond donors (Lipinski definition) is 0. The molecule has 0 saturated heterocycles. The van der Waals surface area contributed by atoms with Gasteiger partial charge in [-0.2, -0.15) is 0 Å². The van der Waals surface area contributed by atoms with E-state index >= 15 is 0 Å². The second kappa shape index (κ2) is 6.20. The zero-order valence-electron chi connectivity index (χ0n) is 14.7. The van der Waals surface area contributed by atoms with Gasteiger partial charge >= 0.3 is 0 Å². The van der Waals surface area contributed by atoms with Gasteiger partial charge in [-0.25, -0.2) is 0 Å². The second-order valence-corrected chi connectivity index (χ2v) is 6.76. The minimum absolute atomic E-state index is 0.218. The molecule has 2 aromatic carbocycles. The molecule has 0 amide bonds. The Labute approximate surface area is 147 Å². The van der Waals surface area contributed by atoms with Crippen molar-refractivity contribution in [1.29, 1.82) is 0 Å². The molecule has 0 bridgehead atoms. The van der Waals surface area contributed by atoms with Gasteiger partial charge in [0.1, 0.15) is 5.69 Å². The van der Waals surface area contributed by atoms with Gasteiger partial charge in [-0.15, -0.1) is 10.2 Å². The SMILES string of the molecule is Cc1cccc(Cn2c(-c3nnc(C(C)C)o3)cc3ccccc32)c1. The minimum atomic E-state index is 0.218. The van der Waals surface area contributed by atoms with E-state index in [0.29, 0.717) is 11.8 Å². The molecule has 0 radical (unpaired) electrons. The lowest BCUT2D eigenvalue weighted by Crippen LogP contribution is -2.02. The third-order valence-corrected chi connectivity index (χ3v) is 4.39. The van der Waals surface area contributed by atoms with Crippen LogP contribution in [0.1, 0.15) is 36.8 Å². The smallest absolute Gasteiger partial charge is 0.264 e. The molecule has 4 heteroatoms. The Hall–Kier alpha value is -2.88. The van der Waals surface area contributed by atoms with E-state index < -0.39 is 0 Å². The average Bonchev–Trinajstić information content (AvgIpc) is 3.20. The quantitative estimate of drug-likeness (QED) is 0.518. The minimum Gasteiger partial charge on any atom is -0.419 e. The van der Waals surface area contributed by atoms with Crippen molar-refractivity contribution in [2.45, 2.75) is 33.2 Å². The first kappa shape index (κ1) is 15.6. The maximum atomic E-state index is 5.92. The molecule has 0 aliphatic heterocycles. The van der Waals surface area contributed by atoms with E-state index in [4.69, 9.17) is 4.42 Å². The van der Waals surface area contributed by atoms with Crippen molar-refractivity contribution in [1.82, 2.24) is 14.8 Å². The van der Waals surface area contributed by atoms with Crippen LogP contribution in [0.3, 0.4) is 0 Å². The number of benzene rings is 2. The van der Waals surface area contributed by atoms with Gasteiger partial charge in [0.05, 0.1) is 0 Å². The fraction of sp³-hybridized carbons (Fsp3) is 0.238. The van der Waals surface area contributed by atoms with Crippen LogP contribution >= 0.6 is 0 Å². The van der Waals surface area contributed by atoms with Gasteiger partial charge in [-0.05, 0) is 24.6 Å². The first-order valence-electron chi connectivity index (χ1n) is 8.59. The van der Waals surface area contributed by atoms with Crippen LogP contribution in [0, 0.1) is 6.92 Å². The molecule has 2 heterocycles. The number of aryl methyl sites for hydroxylation is 1. The van der Waals surface area contributed by atoms with Crippen LogP contribution in [-0.4, -0.2) is 14.8 Å². The molecule has 4 rings (SSSR count). The molecule has 0 atom stereocenters. The Morgan fingerprint density at radius 1 is 1.00 bits per heavy atom. The third-order valence-electron chi connectivity index (χ3n) is 4.39. The highest BCUT2D eigenvalue weighted by atomic mass is 16.4. The molecular formula is C21H21N3O. The van der Waals surface area contributed by atoms with Crippen LogP contribution in [0.15, 0.2) is 59.0 Å². The highest BCUT2D eigenvalue weighted by Crippen LogP contribution is 2.29. The first-order valence-corrected chi connectivity index (χ1v) is 8.59.